The predicted molar refractivity (Wildman–Crippen MR) is 74.8 cm³/mol. The van der Waals surface area contributed by atoms with Crippen LogP contribution >= 0.6 is 0 Å². The Hall–Kier alpha value is -0.900. The summed E-state index contributed by atoms with van der Waals surface area (Å²) < 4.78 is 5.47. The average molecular weight is 248 g/mol. The van der Waals surface area contributed by atoms with Gasteiger partial charge in [-0.3, -0.25) is 0 Å². The normalized spacial score (nSPS) is 21.9. The van der Waals surface area contributed by atoms with Crippen molar-refractivity contribution in [1.29, 1.82) is 0 Å². The molecule has 0 aromatic heterocycles. The first-order valence-electron chi connectivity index (χ1n) is 6.73. The van der Waals surface area contributed by atoms with E-state index in [-0.39, 0.29) is 6.04 Å². The van der Waals surface area contributed by atoms with E-state index in [1.165, 1.54) is 22.3 Å². The maximum Gasteiger partial charge on any atom is 0.0620 e. The fraction of sp³-hybridized carbons (Fsp3) is 0.600. The first kappa shape index (κ1) is 13.5. The van der Waals surface area contributed by atoms with E-state index in [0.717, 1.165) is 26.2 Å². The molecule has 0 radical (unpaired) electrons. The molecule has 0 amide bonds. The quantitative estimate of drug-likeness (QED) is 0.860. The number of morpholine rings is 1. The molecule has 3 nitrogen and oxygen atoms in total. The van der Waals surface area contributed by atoms with Crippen molar-refractivity contribution >= 4 is 0 Å². The molecule has 18 heavy (non-hydrogen) atoms. The van der Waals surface area contributed by atoms with Gasteiger partial charge in [-0.2, -0.15) is 0 Å². The second-order valence-corrected chi connectivity index (χ2v) is 5.29. The van der Waals surface area contributed by atoms with Crippen LogP contribution < -0.4 is 11.1 Å². The van der Waals surface area contributed by atoms with Crippen molar-refractivity contribution in [3.05, 3.63) is 34.4 Å². The van der Waals surface area contributed by atoms with Gasteiger partial charge in [0.1, 0.15) is 0 Å². The molecule has 1 aromatic carbocycles. The van der Waals surface area contributed by atoms with Crippen LogP contribution in [-0.2, 0) is 4.74 Å². The van der Waals surface area contributed by atoms with Gasteiger partial charge in [0, 0.05) is 18.6 Å². The van der Waals surface area contributed by atoms with Gasteiger partial charge in [0.15, 0.2) is 0 Å². The minimum atomic E-state index is 0.0866. The number of hydrogen-bond donors (Lipinski definition) is 2. The molecule has 2 rings (SSSR count). The SMILES string of the molecule is Cc1ccc(C(N)CC2COCCN2)c(C)c1C. The minimum Gasteiger partial charge on any atom is -0.379 e. The Morgan fingerprint density at radius 3 is 2.78 bits per heavy atom. The Kier molecular flexibility index (Phi) is 4.38. The molecule has 1 aromatic rings. The molecular formula is C15H24N2O. The number of rotatable bonds is 3. The predicted octanol–water partition coefficient (Wildman–Crippen LogP) is 1.99. The number of nitrogens with two attached hydrogens (primary N) is 1. The molecule has 0 saturated carbocycles. The van der Waals surface area contributed by atoms with Gasteiger partial charge in [-0.25, -0.2) is 0 Å². The zero-order chi connectivity index (χ0) is 13.1. The molecule has 2 atom stereocenters. The number of ether oxygens (including phenoxy) is 1. The lowest BCUT2D eigenvalue weighted by molar-refractivity contribution is 0.0719. The molecule has 1 aliphatic heterocycles. The average Bonchev–Trinajstić information content (AvgIpc) is 2.37. The molecular weight excluding hydrogens is 224 g/mol. The Morgan fingerprint density at radius 1 is 1.33 bits per heavy atom. The summed E-state index contributed by atoms with van der Waals surface area (Å²) in [5, 5.41) is 3.46. The van der Waals surface area contributed by atoms with Gasteiger partial charge in [0.2, 0.25) is 0 Å². The highest BCUT2D eigenvalue weighted by atomic mass is 16.5. The summed E-state index contributed by atoms with van der Waals surface area (Å²) >= 11 is 0. The van der Waals surface area contributed by atoms with Crippen molar-refractivity contribution in [2.45, 2.75) is 39.3 Å². The molecule has 1 saturated heterocycles. The Balaban J connectivity index is 2.08. The Labute approximate surface area is 110 Å². The van der Waals surface area contributed by atoms with Crippen molar-refractivity contribution < 1.29 is 4.74 Å². The number of hydrogen-bond acceptors (Lipinski definition) is 3. The van der Waals surface area contributed by atoms with Crippen LogP contribution in [0, 0.1) is 20.8 Å². The molecule has 100 valence electrons. The van der Waals surface area contributed by atoms with Crippen molar-refractivity contribution in [2.24, 2.45) is 5.73 Å². The Morgan fingerprint density at radius 2 is 2.11 bits per heavy atom. The van der Waals surface area contributed by atoms with E-state index in [1.807, 2.05) is 0 Å². The summed E-state index contributed by atoms with van der Waals surface area (Å²) in [5.41, 5.74) is 11.6. The fourth-order valence-electron chi connectivity index (χ4n) is 2.58. The van der Waals surface area contributed by atoms with Gasteiger partial charge < -0.3 is 15.8 Å². The lowest BCUT2D eigenvalue weighted by atomic mass is 9.91. The van der Waals surface area contributed by atoms with Crippen LogP contribution in [0.3, 0.4) is 0 Å². The molecule has 2 unspecified atom stereocenters. The van der Waals surface area contributed by atoms with Gasteiger partial charge >= 0.3 is 0 Å². The monoisotopic (exact) mass is 248 g/mol. The van der Waals surface area contributed by atoms with Crippen LogP contribution in [0.15, 0.2) is 12.1 Å². The van der Waals surface area contributed by atoms with Gasteiger partial charge in [-0.05, 0) is 49.4 Å². The first-order valence-corrected chi connectivity index (χ1v) is 6.73. The van der Waals surface area contributed by atoms with Gasteiger partial charge in [0.25, 0.3) is 0 Å². The van der Waals surface area contributed by atoms with Crippen molar-refractivity contribution in [1.82, 2.24) is 5.32 Å². The molecule has 0 bridgehead atoms. The van der Waals surface area contributed by atoms with E-state index in [2.05, 4.69) is 38.2 Å². The van der Waals surface area contributed by atoms with E-state index in [1.54, 1.807) is 0 Å². The third-order valence-electron chi connectivity index (χ3n) is 4.04. The minimum absolute atomic E-state index is 0.0866. The van der Waals surface area contributed by atoms with E-state index < -0.39 is 0 Å². The summed E-state index contributed by atoms with van der Waals surface area (Å²) in [6.07, 6.45) is 0.934. The summed E-state index contributed by atoms with van der Waals surface area (Å²) in [5.74, 6) is 0. The molecule has 3 heteroatoms. The zero-order valence-electron chi connectivity index (χ0n) is 11.6. The topological polar surface area (TPSA) is 47.3 Å². The molecule has 3 N–H and O–H groups in total. The molecule has 1 fully saturated rings. The molecule has 1 heterocycles. The first-order chi connectivity index (χ1) is 8.59. The summed E-state index contributed by atoms with van der Waals surface area (Å²) in [6, 6.07) is 4.81. The van der Waals surface area contributed by atoms with Crippen LogP contribution in [-0.4, -0.2) is 25.8 Å². The largest absolute Gasteiger partial charge is 0.379 e. The molecule has 0 aliphatic carbocycles. The fourth-order valence-corrected chi connectivity index (χ4v) is 2.58. The van der Waals surface area contributed by atoms with Gasteiger partial charge in [0.05, 0.1) is 13.2 Å². The zero-order valence-corrected chi connectivity index (χ0v) is 11.6. The van der Waals surface area contributed by atoms with E-state index in [4.69, 9.17) is 10.5 Å². The van der Waals surface area contributed by atoms with E-state index >= 15 is 0 Å². The maximum atomic E-state index is 6.35. The maximum absolute atomic E-state index is 6.35. The smallest absolute Gasteiger partial charge is 0.0620 e. The van der Waals surface area contributed by atoms with E-state index in [0.29, 0.717) is 6.04 Å². The summed E-state index contributed by atoms with van der Waals surface area (Å²) in [7, 11) is 0. The van der Waals surface area contributed by atoms with E-state index in [9.17, 15) is 0 Å². The van der Waals surface area contributed by atoms with Crippen molar-refractivity contribution in [2.75, 3.05) is 19.8 Å². The van der Waals surface area contributed by atoms with Crippen LogP contribution in [0.5, 0.6) is 0 Å². The highest BCUT2D eigenvalue weighted by Crippen LogP contribution is 2.24. The summed E-state index contributed by atoms with van der Waals surface area (Å²) in [4.78, 5) is 0. The lowest BCUT2D eigenvalue weighted by Gasteiger charge is -2.27. The standard InChI is InChI=1S/C15H24N2O/c1-10-4-5-14(12(3)11(10)2)15(16)8-13-9-18-7-6-17-13/h4-5,13,15,17H,6-9,16H2,1-3H3. The number of nitrogens with one attached hydrogen (secondary N) is 1. The van der Waals surface area contributed by atoms with Crippen LogP contribution in [0.2, 0.25) is 0 Å². The van der Waals surface area contributed by atoms with Crippen molar-refractivity contribution in [3.63, 3.8) is 0 Å². The van der Waals surface area contributed by atoms with Crippen LogP contribution in [0.1, 0.15) is 34.7 Å². The molecule has 1 aliphatic rings. The third kappa shape index (κ3) is 2.91. The second-order valence-electron chi connectivity index (χ2n) is 5.29. The highest BCUT2D eigenvalue weighted by molar-refractivity contribution is 5.40. The van der Waals surface area contributed by atoms with Crippen LogP contribution in [0.4, 0.5) is 0 Å². The highest BCUT2D eigenvalue weighted by Gasteiger charge is 2.19. The number of aryl methyl sites for hydroxylation is 1. The van der Waals surface area contributed by atoms with Gasteiger partial charge in [-0.1, -0.05) is 12.1 Å². The molecule has 0 spiro atoms. The van der Waals surface area contributed by atoms with Crippen molar-refractivity contribution in [3.8, 4) is 0 Å². The third-order valence-corrected chi connectivity index (χ3v) is 4.04. The van der Waals surface area contributed by atoms with Gasteiger partial charge in [-0.15, -0.1) is 0 Å². The number of benzene rings is 1. The lowest BCUT2D eigenvalue weighted by Crippen LogP contribution is -2.42. The summed E-state index contributed by atoms with van der Waals surface area (Å²) in [6.45, 7) is 9.01. The Bertz CT molecular complexity index is 411. The van der Waals surface area contributed by atoms with Crippen LogP contribution in [0.25, 0.3) is 0 Å². The second kappa shape index (κ2) is 5.83.